The molecular formula is C21H21FN2O4S. The van der Waals surface area contributed by atoms with Gasteiger partial charge in [-0.1, -0.05) is 18.2 Å². The molecule has 0 spiro atoms. The molecule has 4 rings (SSSR count). The Morgan fingerprint density at radius 3 is 2.52 bits per heavy atom. The lowest BCUT2D eigenvalue weighted by Gasteiger charge is -2.36. The lowest BCUT2D eigenvalue weighted by atomic mass is 10.0. The molecule has 0 amide bonds. The Kier molecular flexibility index (Phi) is 5.06. The van der Waals surface area contributed by atoms with Crippen LogP contribution in [0.3, 0.4) is 0 Å². The third kappa shape index (κ3) is 3.28. The first kappa shape index (κ1) is 19.5. The van der Waals surface area contributed by atoms with Gasteiger partial charge in [0.1, 0.15) is 22.2 Å². The molecule has 1 aromatic heterocycles. The van der Waals surface area contributed by atoms with E-state index >= 15 is 0 Å². The molecule has 1 aliphatic rings. The number of hydrogen-bond donors (Lipinski definition) is 0. The van der Waals surface area contributed by atoms with E-state index in [9.17, 15) is 12.8 Å². The van der Waals surface area contributed by atoms with Gasteiger partial charge in [0.2, 0.25) is 10.0 Å². The van der Waals surface area contributed by atoms with Gasteiger partial charge in [-0.15, -0.1) is 0 Å². The molecule has 152 valence electrons. The predicted molar refractivity (Wildman–Crippen MR) is 106 cm³/mol. The van der Waals surface area contributed by atoms with E-state index in [-0.39, 0.29) is 17.2 Å². The van der Waals surface area contributed by atoms with Crippen LogP contribution in [0, 0.1) is 5.82 Å². The fourth-order valence-electron chi connectivity index (χ4n) is 3.74. The highest BCUT2D eigenvalue weighted by atomic mass is 32.2. The maximum atomic E-state index is 14.7. The molecule has 0 saturated heterocycles. The number of aromatic nitrogens is 1. The summed E-state index contributed by atoms with van der Waals surface area (Å²) in [5, 5.41) is 0. The predicted octanol–water partition coefficient (Wildman–Crippen LogP) is 3.44. The van der Waals surface area contributed by atoms with E-state index in [2.05, 4.69) is 0 Å². The molecule has 2 heterocycles. The second-order valence-corrected chi connectivity index (χ2v) is 8.54. The summed E-state index contributed by atoms with van der Waals surface area (Å²) in [5.74, 6) is 0.149. The molecule has 3 aromatic rings. The van der Waals surface area contributed by atoms with E-state index in [4.69, 9.17) is 9.47 Å². The van der Waals surface area contributed by atoms with Crippen LogP contribution in [0.1, 0.15) is 17.3 Å². The van der Waals surface area contributed by atoms with Crippen molar-refractivity contribution in [2.45, 2.75) is 17.5 Å². The van der Waals surface area contributed by atoms with Gasteiger partial charge in [0.05, 0.1) is 20.3 Å². The number of sulfonamides is 1. The Morgan fingerprint density at radius 2 is 1.79 bits per heavy atom. The van der Waals surface area contributed by atoms with Gasteiger partial charge in [0.15, 0.2) is 0 Å². The van der Waals surface area contributed by atoms with Crippen molar-refractivity contribution in [1.82, 2.24) is 8.87 Å². The zero-order valence-corrected chi connectivity index (χ0v) is 16.9. The third-order valence-electron chi connectivity index (χ3n) is 5.15. The summed E-state index contributed by atoms with van der Waals surface area (Å²) in [6.45, 7) is 0.669. The Balaban J connectivity index is 1.90. The van der Waals surface area contributed by atoms with Gasteiger partial charge in [0, 0.05) is 36.6 Å². The number of fused-ring (bicyclic) bond motifs is 1. The second kappa shape index (κ2) is 7.53. The third-order valence-corrected chi connectivity index (χ3v) is 7.04. The van der Waals surface area contributed by atoms with Gasteiger partial charge < -0.3 is 14.0 Å². The lowest BCUT2D eigenvalue weighted by molar-refractivity contribution is 0.291. The number of halogens is 1. The van der Waals surface area contributed by atoms with E-state index < -0.39 is 21.9 Å². The molecule has 0 aliphatic carbocycles. The van der Waals surface area contributed by atoms with E-state index in [0.29, 0.717) is 23.6 Å². The van der Waals surface area contributed by atoms with E-state index in [1.807, 2.05) is 22.9 Å². The molecule has 1 atom stereocenters. The molecule has 0 N–H and O–H groups in total. The highest BCUT2D eigenvalue weighted by Gasteiger charge is 2.40. The standard InChI is InChI=1S/C21H21FN2O4S/c1-27-15-9-10-19(28-2)20(14-15)29(25,26)24-13-12-23-11-5-8-18(23)21(24)16-6-3-4-7-17(16)22/h3-11,14,21H,12-13H2,1-2H3. The van der Waals surface area contributed by atoms with Gasteiger partial charge in [0.25, 0.3) is 0 Å². The van der Waals surface area contributed by atoms with Gasteiger partial charge in [-0.25, -0.2) is 12.8 Å². The van der Waals surface area contributed by atoms with E-state index in [0.717, 1.165) is 0 Å². The Morgan fingerprint density at radius 1 is 1.00 bits per heavy atom. The number of methoxy groups -OCH3 is 2. The van der Waals surface area contributed by atoms with Gasteiger partial charge >= 0.3 is 0 Å². The van der Waals surface area contributed by atoms with Crippen LogP contribution in [0.2, 0.25) is 0 Å². The van der Waals surface area contributed by atoms with Crippen LogP contribution in [0.25, 0.3) is 0 Å². The maximum absolute atomic E-state index is 14.7. The van der Waals surface area contributed by atoms with Crippen molar-refractivity contribution in [3.63, 3.8) is 0 Å². The minimum Gasteiger partial charge on any atom is -0.497 e. The average molecular weight is 416 g/mol. The topological polar surface area (TPSA) is 60.8 Å². The molecule has 1 unspecified atom stereocenters. The Labute approximate surface area is 169 Å². The van der Waals surface area contributed by atoms with Gasteiger partial charge in [-0.05, 0) is 30.3 Å². The number of benzene rings is 2. The second-order valence-electron chi connectivity index (χ2n) is 6.68. The van der Waals surface area contributed by atoms with Crippen LogP contribution in [0.5, 0.6) is 11.5 Å². The molecule has 0 saturated carbocycles. The van der Waals surface area contributed by atoms with Crippen LogP contribution in [0.4, 0.5) is 4.39 Å². The summed E-state index contributed by atoms with van der Waals surface area (Å²) in [6.07, 6.45) is 1.87. The van der Waals surface area contributed by atoms with Gasteiger partial charge in [-0.2, -0.15) is 4.31 Å². The van der Waals surface area contributed by atoms with Crippen molar-refractivity contribution >= 4 is 10.0 Å². The van der Waals surface area contributed by atoms with E-state index in [1.54, 1.807) is 30.3 Å². The van der Waals surface area contributed by atoms with Crippen molar-refractivity contribution in [3.8, 4) is 11.5 Å². The van der Waals surface area contributed by atoms with Crippen LogP contribution in [0.15, 0.2) is 65.7 Å². The van der Waals surface area contributed by atoms with Crippen LogP contribution < -0.4 is 9.47 Å². The molecule has 0 radical (unpaired) electrons. The number of nitrogens with zero attached hydrogens (tertiary/aromatic N) is 2. The van der Waals surface area contributed by atoms with Crippen molar-refractivity contribution in [2.75, 3.05) is 20.8 Å². The SMILES string of the molecule is COc1ccc(OC)c(S(=O)(=O)N2CCn3cccc3C2c2ccccc2F)c1. The van der Waals surface area contributed by atoms with Crippen LogP contribution in [-0.2, 0) is 16.6 Å². The van der Waals surface area contributed by atoms with Crippen molar-refractivity contribution in [1.29, 1.82) is 0 Å². The monoisotopic (exact) mass is 416 g/mol. The summed E-state index contributed by atoms with van der Waals surface area (Å²) in [6, 6.07) is 13.7. The van der Waals surface area contributed by atoms with Crippen LogP contribution in [-0.4, -0.2) is 38.1 Å². The maximum Gasteiger partial charge on any atom is 0.247 e. The minimum absolute atomic E-state index is 0.0132. The molecule has 2 aromatic carbocycles. The largest absolute Gasteiger partial charge is 0.497 e. The lowest BCUT2D eigenvalue weighted by Crippen LogP contribution is -2.42. The van der Waals surface area contributed by atoms with Crippen molar-refractivity contribution in [3.05, 3.63) is 77.9 Å². The zero-order valence-electron chi connectivity index (χ0n) is 16.1. The first-order valence-corrected chi connectivity index (χ1v) is 10.5. The van der Waals surface area contributed by atoms with E-state index in [1.165, 1.54) is 30.7 Å². The zero-order chi connectivity index (χ0) is 20.6. The quantitative estimate of drug-likeness (QED) is 0.639. The molecule has 1 aliphatic heterocycles. The fourth-order valence-corrected chi connectivity index (χ4v) is 5.49. The molecule has 29 heavy (non-hydrogen) atoms. The molecule has 6 nitrogen and oxygen atoms in total. The minimum atomic E-state index is -4.02. The van der Waals surface area contributed by atoms with Crippen LogP contribution >= 0.6 is 0 Å². The number of hydrogen-bond acceptors (Lipinski definition) is 4. The van der Waals surface area contributed by atoms with Crippen molar-refractivity contribution < 1.29 is 22.3 Å². The highest BCUT2D eigenvalue weighted by Crippen LogP contribution is 2.40. The molecule has 0 fully saturated rings. The summed E-state index contributed by atoms with van der Waals surface area (Å²) >= 11 is 0. The summed E-state index contributed by atoms with van der Waals surface area (Å²) in [7, 11) is -1.14. The highest BCUT2D eigenvalue weighted by molar-refractivity contribution is 7.89. The molecule has 0 bridgehead atoms. The molecule has 8 heteroatoms. The number of rotatable bonds is 5. The summed E-state index contributed by atoms with van der Waals surface area (Å²) in [5.41, 5.74) is 1.02. The number of ether oxygens (including phenoxy) is 2. The smallest absolute Gasteiger partial charge is 0.247 e. The van der Waals surface area contributed by atoms with Gasteiger partial charge in [-0.3, -0.25) is 0 Å². The average Bonchev–Trinajstić information content (AvgIpc) is 3.22. The van der Waals surface area contributed by atoms with Crippen molar-refractivity contribution in [2.24, 2.45) is 0 Å². The Hall–Kier alpha value is -2.84. The summed E-state index contributed by atoms with van der Waals surface area (Å²) < 4.78 is 56.0. The molecular weight excluding hydrogens is 395 g/mol. The fraction of sp³-hybridized carbons (Fsp3) is 0.238. The first-order valence-electron chi connectivity index (χ1n) is 9.10. The Bertz CT molecular complexity index is 1140. The first-order chi connectivity index (χ1) is 14.0. The summed E-state index contributed by atoms with van der Waals surface area (Å²) in [4.78, 5) is -0.0132. The normalized spacial score (nSPS) is 17.0.